The van der Waals surface area contributed by atoms with Crippen LogP contribution in [-0.4, -0.2) is 37.2 Å². The van der Waals surface area contributed by atoms with Crippen molar-refractivity contribution in [2.24, 2.45) is 0 Å². The van der Waals surface area contributed by atoms with Crippen LogP contribution >= 0.6 is 0 Å². The third-order valence-corrected chi connectivity index (χ3v) is 3.97. The fourth-order valence-electron chi connectivity index (χ4n) is 2.36. The van der Waals surface area contributed by atoms with E-state index in [1.165, 1.54) is 12.8 Å². The zero-order valence-electron chi connectivity index (χ0n) is 13.4. The van der Waals surface area contributed by atoms with Crippen LogP contribution in [0.1, 0.15) is 37.8 Å². The lowest BCUT2D eigenvalue weighted by Crippen LogP contribution is -2.33. The minimum absolute atomic E-state index is 0.117. The molecule has 0 bridgehead atoms. The molecule has 1 fully saturated rings. The van der Waals surface area contributed by atoms with Gasteiger partial charge in [-0.2, -0.15) is 0 Å². The highest BCUT2D eigenvalue weighted by atomic mass is 19.1. The number of nitrogens with zero attached hydrogens (tertiary/aromatic N) is 1. The summed E-state index contributed by atoms with van der Waals surface area (Å²) in [6.07, 6.45) is 2.54. The van der Waals surface area contributed by atoms with E-state index in [0.717, 1.165) is 24.2 Å². The molecule has 0 amide bonds. The van der Waals surface area contributed by atoms with Gasteiger partial charge in [0.2, 0.25) is 0 Å². The Morgan fingerprint density at radius 1 is 1.38 bits per heavy atom. The first-order valence-electron chi connectivity index (χ1n) is 7.84. The fourth-order valence-corrected chi connectivity index (χ4v) is 2.36. The molecule has 0 aromatic heterocycles. The Kier molecular flexibility index (Phi) is 6.15. The number of hydrogen-bond acceptors (Lipinski definition) is 3. The number of benzene rings is 1. The van der Waals surface area contributed by atoms with Crippen LogP contribution in [0.2, 0.25) is 0 Å². The molecule has 1 aromatic carbocycles. The molecule has 0 radical (unpaired) electrons. The van der Waals surface area contributed by atoms with Crippen LogP contribution in [0.4, 0.5) is 4.39 Å². The Morgan fingerprint density at radius 3 is 2.76 bits per heavy atom. The summed E-state index contributed by atoms with van der Waals surface area (Å²) in [7, 11) is 1.70. The third kappa shape index (κ3) is 5.38. The molecule has 0 unspecified atom stereocenters. The monoisotopic (exact) mass is 294 g/mol. The van der Waals surface area contributed by atoms with E-state index in [1.54, 1.807) is 13.2 Å². The molecule has 1 N–H and O–H groups in total. The van der Waals surface area contributed by atoms with Crippen LogP contribution in [0.5, 0.6) is 0 Å². The molecule has 0 aliphatic heterocycles. The van der Waals surface area contributed by atoms with Crippen LogP contribution in [0, 0.1) is 5.82 Å². The molecule has 2 rings (SSSR count). The van der Waals surface area contributed by atoms with Gasteiger partial charge in [-0.1, -0.05) is 12.1 Å². The van der Waals surface area contributed by atoms with Gasteiger partial charge in [0.05, 0.1) is 6.61 Å². The van der Waals surface area contributed by atoms with E-state index in [0.29, 0.717) is 25.2 Å². The predicted molar refractivity (Wildman–Crippen MR) is 83.7 cm³/mol. The van der Waals surface area contributed by atoms with Gasteiger partial charge in [-0.05, 0) is 38.3 Å². The molecule has 0 saturated heterocycles. The first-order chi connectivity index (χ1) is 10.1. The van der Waals surface area contributed by atoms with Crippen molar-refractivity contribution in [2.75, 3.05) is 20.3 Å². The summed E-state index contributed by atoms with van der Waals surface area (Å²) in [6.45, 7) is 7.21. The standard InChI is InChI=1S/C17H27FN2O/c1-13(2)20(8-9-21-3)12-15-10-14(4-7-17(15)18)11-19-16-5-6-16/h4,7,10,13,16,19H,5-6,8-9,11-12H2,1-3H3. The van der Waals surface area contributed by atoms with E-state index in [1.807, 2.05) is 12.1 Å². The van der Waals surface area contributed by atoms with Crippen molar-refractivity contribution in [1.29, 1.82) is 0 Å². The second-order valence-electron chi connectivity index (χ2n) is 6.14. The topological polar surface area (TPSA) is 24.5 Å². The highest BCUT2D eigenvalue weighted by Crippen LogP contribution is 2.20. The van der Waals surface area contributed by atoms with E-state index in [2.05, 4.69) is 24.1 Å². The summed E-state index contributed by atoms with van der Waals surface area (Å²) in [5.74, 6) is -0.117. The van der Waals surface area contributed by atoms with Crippen LogP contribution < -0.4 is 5.32 Å². The average molecular weight is 294 g/mol. The molecule has 3 nitrogen and oxygen atoms in total. The maximum Gasteiger partial charge on any atom is 0.127 e. The van der Waals surface area contributed by atoms with Crippen LogP contribution in [0.15, 0.2) is 18.2 Å². The Hall–Kier alpha value is -0.970. The lowest BCUT2D eigenvalue weighted by Gasteiger charge is -2.26. The number of methoxy groups -OCH3 is 1. The lowest BCUT2D eigenvalue weighted by molar-refractivity contribution is 0.124. The molecule has 1 saturated carbocycles. The van der Waals surface area contributed by atoms with Gasteiger partial charge in [0.15, 0.2) is 0 Å². The van der Waals surface area contributed by atoms with Gasteiger partial charge in [-0.15, -0.1) is 0 Å². The maximum atomic E-state index is 14.0. The number of hydrogen-bond donors (Lipinski definition) is 1. The highest BCUT2D eigenvalue weighted by molar-refractivity contribution is 5.25. The molecule has 1 aliphatic carbocycles. The normalized spacial score (nSPS) is 15.1. The van der Waals surface area contributed by atoms with E-state index in [4.69, 9.17) is 4.74 Å². The molecule has 4 heteroatoms. The van der Waals surface area contributed by atoms with Gasteiger partial charge in [-0.25, -0.2) is 4.39 Å². The van der Waals surface area contributed by atoms with Gasteiger partial charge >= 0.3 is 0 Å². The third-order valence-electron chi connectivity index (χ3n) is 3.97. The quantitative estimate of drug-likeness (QED) is 0.758. The van der Waals surface area contributed by atoms with Gasteiger partial charge in [0.25, 0.3) is 0 Å². The smallest absolute Gasteiger partial charge is 0.127 e. The molecule has 0 spiro atoms. The first kappa shape index (κ1) is 16.4. The molecule has 1 aromatic rings. The fraction of sp³-hybridized carbons (Fsp3) is 0.647. The average Bonchev–Trinajstić information content (AvgIpc) is 3.27. The summed E-state index contributed by atoms with van der Waals surface area (Å²) in [4.78, 5) is 2.24. The van der Waals surface area contributed by atoms with Crippen LogP contribution in [0.25, 0.3) is 0 Å². The zero-order chi connectivity index (χ0) is 15.2. The minimum atomic E-state index is -0.117. The first-order valence-corrected chi connectivity index (χ1v) is 7.84. The second-order valence-corrected chi connectivity index (χ2v) is 6.14. The van der Waals surface area contributed by atoms with Crippen molar-refractivity contribution in [1.82, 2.24) is 10.2 Å². The summed E-state index contributed by atoms with van der Waals surface area (Å²) >= 11 is 0. The molecule has 0 heterocycles. The summed E-state index contributed by atoms with van der Waals surface area (Å²) < 4.78 is 19.2. The lowest BCUT2D eigenvalue weighted by atomic mass is 10.1. The van der Waals surface area contributed by atoms with E-state index >= 15 is 0 Å². The van der Waals surface area contributed by atoms with Gasteiger partial charge < -0.3 is 10.1 Å². The number of rotatable bonds is 9. The van der Waals surface area contributed by atoms with Crippen LogP contribution in [0.3, 0.4) is 0 Å². The summed E-state index contributed by atoms with van der Waals surface area (Å²) in [6, 6.07) is 6.50. The minimum Gasteiger partial charge on any atom is -0.383 e. The number of halogens is 1. The van der Waals surface area contributed by atoms with Crippen molar-refractivity contribution in [3.63, 3.8) is 0 Å². The SMILES string of the molecule is COCCN(Cc1cc(CNC2CC2)ccc1F)C(C)C. The molecule has 1 aliphatic rings. The molecule has 0 atom stereocenters. The maximum absolute atomic E-state index is 14.0. The Morgan fingerprint density at radius 2 is 2.14 bits per heavy atom. The van der Waals surface area contributed by atoms with Gasteiger partial charge in [0, 0.05) is 44.4 Å². The highest BCUT2D eigenvalue weighted by Gasteiger charge is 2.20. The van der Waals surface area contributed by atoms with Crippen LogP contribution in [-0.2, 0) is 17.8 Å². The second kappa shape index (κ2) is 7.87. The summed E-state index contributed by atoms with van der Waals surface area (Å²) in [5.41, 5.74) is 1.93. The van der Waals surface area contributed by atoms with E-state index in [9.17, 15) is 4.39 Å². The zero-order valence-corrected chi connectivity index (χ0v) is 13.4. The number of ether oxygens (including phenoxy) is 1. The van der Waals surface area contributed by atoms with Crippen molar-refractivity contribution < 1.29 is 9.13 Å². The van der Waals surface area contributed by atoms with Crippen molar-refractivity contribution in [3.8, 4) is 0 Å². The number of nitrogens with one attached hydrogen (secondary N) is 1. The predicted octanol–water partition coefficient (Wildman–Crippen LogP) is 2.93. The van der Waals surface area contributed by atoms with Crippen molar-refractivity contribution >= 4 is 0 Å². The Bertz CT molecular complexity index is 446. The molecular formula is C17H27FN2O. The molecular weight excluding hydrogens is 267 g/mol. The van der Waals surface area contributed by atoms with Crippen molar-refractivity contribution in [2.45, 2.75) is 51.9 Å². The Labute approximate surface area is 127 Å². The summed E-state index contributed by atoms with van der Waals surface area (Å²) in [5, 5.41) is 3.47. The van der Waals surface area contributed by atoms with E-state index in [-0.39, 0.29) is 5.82 Å². The van der Waals surface area contributed by atoms with Gasteiger partial charge in [0.1, 0.15) is 5.82 Å². The van der Waals surface area contributed by atoms with Gasteiger partial charge in [-0.3, -0.25) is 4.90 Å². The molecule has 21 heavy (non-hydrogen) atoms. The van der Waals surface area contributed by atoms with Crippen molar-refractivity contribution in [3.05, 3.63) is 35.1 Å². The molecule has 118 valence electrons. The van der Waals surface area contributed by atoms with E-state index < -0.39 is 0 Å². The largest absolute Gasteiger partial charge is 0.383 e. The Balaban J connectivity index is 1.99.